The molecule has 0 aliphatic rings. The second kappa shape index (κ2) is 5.53. The predicted octanol–water partition coefficient (Wildman–Crippen LogP) is 1.85. The van der Waals surface area contributed by atoms with Gasteiger partial charge in [-0.2, -0.15) is 10.1 Å². The van der Waals surface area contributed by atoms with Crippen molar-refractivity contribution >= 4 is 11.5 Å². The van der Waals surface area contributed by atoms with Gasteiger partial charge in [-0.15, -0.1) is 0 Å². The molecule has 2 aromatic heterocycles. The van der Waals surface area contributed by atoms with Crippen molar-refractivity contribution in [1.82, 2.24) is 14.8 Å². The number of hydrogen-bond acceptors (Lipinski definition) is 7. The fraction of sp³-hybridized carbons (Fsp3) is 0.273. The van der Waals surface area contributed by atoms with Gasteiger partial charge in [-0.25, -0.2) is 5.84 Å². The fourth-order valence-corrected chi connectivity index (χ4v) is 1.50. The summed E-state index contributed by atoms with van der Waals surface area (Å²) in [6.45, 7) is 3.94. The summed E-state index contributed by atoms with van der Waals surface area (Å²) in [6.07, 6.45) is 3.19. The highest BCUT2D eigenvalue weighted by molar-refractivity contribution is 5.48. The maximum atomic E-state index is 10.8. The average molecular weight is 278 g/mol. The molecule has 0 spiro atoms. The van der Waals surface area contributed by atoms with Crippen LogP contribution in [0.5, 0.6) is 11.6 Å². The number of nitrogen functional groups attached to an aromatic ring is 1. The number of nitro groups is 1. The minimum Gasteiger partial charge on any atom is -0.435 e. The number of anilines is 1. The molecule has 0 aromatic carbocycles. The minimum atomic E-state index is -0.549. The maximum Gasteiger partial charge on any atom is 0.278 e. The largest absolute Gasteiger partial charge is 0.435 e. The van der Waals surface area contributed by atoms with Crippen molar-refractivity contribution in [3.8, 4) is 11.6 Å². The molecule has 3 N–H and O–H groups in total. The molecule has 20 heavy (non-hydrogen) atoms. The number of nitrogens with one attached hydrogen (secondary N) is 1. The summed E-state index contributed by atoms with van der Waals surface area (Å²) >= 11 is 0. The number of rotatable bonds is 5. The van der Waals surface area contributed by atoms with Gasteiger partial charge in [-0.3, -0.25) is 14.8 Å². The van der Waals surface area contributed by atoms with E-state index in [4.69, 9.17) is 10.6 Å². The topological polar surface area (TPSA) is 121 Å². The molecule has 0 radical (unpaired) electrons. The first-order chi connectivity index (χ1) is 9.49. The van der Waals surface area contributed by atoms with Crippen LogP contribution in [0.25, 0.3) is 0 Å². The van der Waals surface area contributed by atoms with Gasteiger partial charge in [0.2, 0.25) is 5.88 Å². The molecule has 0 bridgehead atoms. The van der Waals surface area contributed by atoms with Crippen molar-refractivity contribution in [1.29, 1.82) is 0 Å². The Labute approximate surface area is 114 Å². The summed E-state index contributed by atoms with van der Waals surface area (Å²) in [5.41, 5.74) is 2.09. The van der Waals surface area contributed by atoms with E-state index in [-0.39, 0.29) is 23.4 Å². The molecule has 0 fully saturated rings. The number of pyridine rings is 1. The molecule has 0 atom stereocenters. The van der Waals surface area contributed by atoms with Gasteiger partial charge in [0.15, 0.2) is 11.6 Å². The number of nitrogens with two attached hydrogens (primary N) is 1. The monoisotopic (exact) mass is 278 g/mol. The van der Waals surface area contributed by atoms with E-state index in [9.17, 15) is 10.1 Å². The summed E-state index contributed by atoms with van der Waals surface area (Å²) < 4.78 is 7.15. The summed E-state index contributed by atoms with van der Waals surface area (Å²) in [5.74, 6) is 5.87. The van der Waals surface area contributed by atoms with Crippen molar-refractivity contribution < 1.29 is 9.66 Å². The number of aromatic nitrogens is 3. The lowest BCUT2D eigenvalue weighted by molar-refractivity contribution is -0.384. The SMILES string of the molecule is CC(C)n1cc(Oc2cc([N+](=O)[O-])cc(NN)n2)cn1. The second-order valence-electron chi connectivity index (χ2n) is 4.30. The van der Waals surface area contributed by atoms with Crippen LogP contribution >= 0.6 is 0 Å². The lowest BCUT2D eigenvalue weighted by atomic mass is 10.4. The van der Waals surface area contributed by atoms with Crippen LogP contribution in [0.2, 0.25) is 0 Å². The van der Waals surface area contributed by atoms with Crippen LogP contribution in [0, 0.1) is 10.1 Å². The fourth-order valence-electron chi connectivity index (χ4n) is 1.50. The molecule has 0 amide bonds. The zero-order chi connectivity index (χ0) is 14.7. The summed E-state index contributed by atoms with van der Waals surface area (Å²) in [4.78, 5) is 14.2. The van der Waals surface area contributed by atoms with Crippen molar-refractivity contribution in [3.63, 3.8) is 0 Å². The van der Waals surface area contributed by atoms with E-state index in [1.54, 1.807) is 10.9 Å². The molecule has 0 aliphatic carbocycles. The zero-order valence-corrected chi connectivity index (χ0v) is 11.0. The van der Waals surface area contributed by atoms with Crippen LogP contribution in [0.4, 0.5) is 11.5 Å². The maximum absolute atomic E-state index is 10.8. The molecule has 2 aromatic rings. The highest BCUT2D eigenvalue weighted by Gasteiger charge is 2.13. The first kappa shape index (κ1) is 13.7. The Morgan fingerprint density at radius 2 is 2.25 bits per heavy atom. The van der Waals surface area contributed by atoms with E-state index in [0.717, 1.165) is 0 Å². The first-order valence-corrected chi connectivity index (χ1v) is 5.84. The van der Waals surface area contributed by atoms with Crippen molar-refractivity contribution in [2.75, 3.05) is 5.43 Å². The smallest absolute Gasteiger partial charge is 0.278 e. The number of nitrogens with zero attached hydrogens (tertiary/aromatic N) is 4. The van der Waals surface area contributed by atoms with Gasteiger partial charge in [-0.05, 0) is 13.8 Å². The van der Waals surface area contributed by atoms with Crippen molar-refractivity contribution in [2.24, 2.45) is 5.84 Å². The molecule has 2 rings (SSSR count). The molecule has 0 unspecified atom stereocenters. The van der Waals surface area contributed by atoms with Crippen molar-refractivity contribution in [3.05, 3.63) is 34.6 Å². The summed E-state index contributed by atoms with van der Waals surface area (Å²) in [6, 6.07) is 2.62. The van der Waals surface area contributed by atoms with Crippen LogP contribution in [0.1, 0.15) is 19.9 Å². The van der Waals surface area contributed by atoms with Gasteiger partial charge in [0.25, 0.3) is 5.69 Å². The van der Waals surface area contributed by atoms with Crippen molar-refractivity contribution in [2.45, 2.75) is 19.9 Å². The van der Waals surface area contributed by atoms with Gasteiger partial charge in [0, 0.05) is 6.04 Å². The summed E-state index contributed by atoms with van der Waals surface area (Å²) in [7, 11) is 0. The van der Waals surface area contributed by atoms with E-state index in [2.05, 4.69) is 15.5 Å². The van der Waals surface area contributed by atoms with E-state index in [0.29, 0.717) is 5.75 Å². The van der Waals surface area contributed by atoms with E-state index < -0.39 is 4.92 Å². The van der Waals surface area contributed by atoms with Gasteiger partial charge in [0.05, 0.1) is 29.4 Å². The molecule has 106 valence electrons. The minimum absolute atomic E-state index is 0.0652. The third-order valence-electron chi connectivity index (χ3n) is 2.47. The van der Waals surface area contributed by atoms with Crippen LogP contribution in [-0.4, -0.2) is 19.7 Å². The van der Waals surface area contributed by atoms with Gasteiger partial charge in [0.1, 0.15) is 0 Å². The van der Waals surface area contributed by atoms with Crippen LogP contribution in [0.15, 0.2) is 24.5 Å². The molecular formula is C11H14N6O3. The molecule has 0 saturated carbocycles. The number of hydrogen-bond donors (Lipinski definition) is 2. The Morgan fingerprint density at radius 3 is 2.80 bits per heavy atom. The van der Waals surface area contributed by atoms with Crippen LogP contribution < -0.4 is 16.0 Å². The summed E-state index contributed by atoms with van der Waals surface area (Å²) in [5, 5.41) is 14.9. The Bertz CT molecular complexity index is 624. The standard InChI is InChI=1S/C11H14N6O3/c1-7(2)16-6-9(5-13-16)20-11-4-8(17(18)19)3-10(14-11)15-12/h3-7H,12H2,1-2H3,(H,14,15). The molecule has 0 aliphatic heterocycles. The normalized spacial score (nSPS) is 10.6. The van der Waals surface area contributed by atoms with Gasteiger partial charge in [-0.1, -0.05) is 0 Å². The first-order valence-electron chi connectivity index (χ1n) is 5.84. The Kier molecular flexibility index (Phi) is 3.80. The lowest BCUT2D eigenvalue weighted by Gasteiger charge is -2.05. The zero-order valence-electron chi connectivity index (χ0n) is 11.0. The van der Waals surface area contributed by atoms with E-state index >= 15 is 0 Å². The highest BCUT2D eigenvalue weighted by Crippen LogP contribution is 2.26. The lowest BCUT2D eigenvalue weighted by Crippen LogP contribution is -2.09. The van der Waals surface area contributed by atoms with E-state index in [1.807, 2.05) is 13.8 Å². The third-order valence-corrected chi connectivity index (χ3v) is 2.47. The predicted molar refractivity (Wildman–Crippen MR) is 71.4 cm³/mol. The molecule has 0 saturated heterocycles. The quantitative estimate of drug-likeness (QED) is 0.486. The van der Waals surface area contributed by atoms with Gasteiger partial charge < -0.3 is 10.2 Å². The highest BCUT2D eigenvalue weighted by atomic mass is 16.6. The Morgan fingerprint density at radius 1 is 1.50 bits per heavy atom. The molecule has 9 nitrogen and oxygen atoms in total. The number of ether oxygens (including phenoxy) is 1. The molecule has 9 heteroatoms. The van der Waals surface area contributed by atoms with E-state index in [1.165, 1.54) is 18.3 Å². The second-order valence-corrected chi connectivity index (χ2v) is 4.30. The Hall–Kier alpha value is -2.68. The van der Waals surface area contributed by atoms with Crippen LogP contribution in [0.3, 0.4) is 0 Å². The Balaban J connectivity index is 2.27. The van der Waals surface area contributed by atoms with Gasteiger partial charge >= 0.3 is 0 Å². The third kappa shape index (κ3) is 3.01. The van der Waals surface area contributed by atoms with Crippen LogP contribution in [-0.2, 0) is 0 Å². The number of hydrazine groups is 1. The molecule has 2 heterocycles. The average Bonchev–Trinajstić information content (AvgIpc) is 2.87. The molecular weight excluding hydrogens is 264 g/mol.